The Kier molecular flexibility index (Phi) is 6.02. The lowest BCUT2D eigenvalue weighted by Crippen LogP contribution is -2.12. The first-order valence-electron chi connectivity index (χ1n) is 15.1. The summed E-state index contributed by atoms with van der Waals surface area (Å²) < 4.78 is 9.02. The Bertz CT molecular complexity index is 2300. The van der Waals surface area contributed by atoms with E-state index in [0.717, 1.165) is 55.6 Å². The van der Waals surface area contributed by atoms with Crippen LogP contribution in [0.1, 0.15) is 26.3 Å². The number of aromatic nitrogens is 2. The van der Waals surface area contributed by atoms with Gasteiger partial charge in [0.05, 0.1) is 22.3 Å². The molecule has 3 heteroatoms. The summed E-state index contributed by atoms with van der Waals surface area (Å²) in [6, 6.07) is 49.2. The Labute approximate surface area is 257 Å². The van der Waals surface area contributed by atoms with E-state index in [1.54, 1.807) is 0 Å². The molecule has 0 bridgehead atoms. The van der Waals surface area contributed by atoms with Crippen molar-refractivity contribution in [3.8, 4) is 39.3 Å². The predicted molar refractivity (Wildman–Crippen MR) is 183 cm³/mol. The summed E-state index contributed by atoms with van der Waals surface area (Å²) >= 11 is 0. The number of furan rings is 1. The molecule has 212 valence electrons. The molecule has 0 spiro atoms. The minimum Gasteiger partial charge on any atom is -0.455 e. The lowest BCUT2D eigenvalue weighted by atomic mass is 9.85. The van der Waals surface area contributed by atoms with Crippen molar-refractivity contribution in [3.63, 3.8) is 0 Å². The predicted octanol–water partition coefficient (Wildman–Crippen LogP) is 11.2. The molecule has 3 nitrogen and oxygen atoms in total. The van der Waals surface area contributed by atoms with Crippen LogP contribution in [0.15, 0.2) is 144 Å². The van der Waals surface area contributed by atoms with Gasteiger partial charge in [-0.1, -0.05) is 118 Å². The highest BCUT2D eigenvalue weighted by atomic mass is 16.3. The summed E-state index contributed by atoms with van der Waals surface area (Å²) in [5, 5.41) is 2.19. The van der Waals surface area contributed by atoms with Gasteiger partial charge in [0.1, 0.15) is 17.0 Å². The Hall–Kier alpha value is -5.41. The van der Waals surface area contributed by atoms with Gasteiger partial charge < -0.3 is 4.42 Å². The quantitative estimate of drug-likeness (QED) is 0.211. The van der Waals surface area contributed by atoms with Gasteiger partial charge in [0, 0.05) is 16.3 Å². The Morgan fingerprint density at radius 2 is 1.30 bits per heavy atom. The maximum Gasteiger partial charge on any atom is 0.149 e. The molecular formula is C41H32N2O. The maximum atomic E-state index is 6.71. The third-order valence-corrected chi connectivity index (χ3v) is 8.60. The zero-order valence-electron chi connectivity index (χ0n) is 25.1. The van der Waals surface area contributed by atoms with Crippen LogP contribution in [-0.2, 0) is 5.41 Å². The summed E-state index contributed by atoms with van der Waals surface area (Å²) in [6.45, 7) is 6.79. The summed E-state index contributed by atoms with van der Waals surface area (Å²) in [4.78, 5) is 5.25. The molecular weight excluding hydrogens is 536 g/mol. The third kappa shape index (κ3) is 4.32. The van der Waals surface area contributed by atoms with Crippen LogP contribution in [0.5, 0.6) is 0 Å². The van der Waals surface area contributed by atoms with E-state index in [1.807, 2.05) is 6.07 Å². The molecule has 0 saturated carbocycles. The number of nitrogens with zero attached hydrogens (tertiary/aromatic N) is 2. The number of imidazole rings is 1. The van der Waals surface area contributed by atoms with E-state index in [1.165, 1.54) is 22.3 Å². The molecule has 0 unspecified atom stereocenters. The van der Waals surface area contributed by atoms with Crippen LogP contribution in [0.3, 0.4) is 0 Å². The first kappa shape index (κ1) is 26.2. The fourth-order valence-corrected chi connectivity index (χ4v) is 6.28. The summed E-state index contributed by atoms with van der Waals surface area (Å²) in [6.07, 6.45) is 0. The zero-order chi connectivity index (χ0) is 29.8. The monoisotopic (exact) mass is 568 g/mol. The van der Waals surface area contributed by atoms with Crippen LogP contribution in [0, 0.1) is 0 Å². The van der Waals surface area contributed by atoms with Crippen LogP contribution in [0.25, 0.3) is 72.3 Å². The van der Waals surface area contributed by atoms with Crippen LogP contribution in [-0.4, -0.2) is 9.55 Å². The van der Waals surface area contributed by atoms with Crippen LogP contribution < -0.4 is 0 Å². The molecule has 8 rings (SSSR count). The van der Waals surface area contributed by atoms with Gasteiger partial charge in [-0.2, -0.15) is 0 Å². The summed E-state index contributed by atoms with van der Waals surface area (Å²) in [5.74, 6) is 0.861. The van der Waals surface area contributed by atoms with E-state index in [2.05, 4.69) is 159 Å². The van der Waals surface area contributed by atoms with E-state index in [-0.39, 0.29) is 5.41 Å². The van der Waals surface area contributed by atoms with E-state index in [9.17, 15) is 0 Å². The number of hydrogen-bond acceptors (Lipinski definition) is 2. The number of fused-ring (bicyclic) bond motifs is 4. The largest absolute Gasteiger partial charge is 0.455 e. The van der Waals surface area contributed by atoms with Gasteiger partial charge in [-0.25, -0.2) is 4.98 Å². The number of para-hydroxylation sites is 3. The van der Waals surface area contributed by atoms with Crippen molar-refractivity contribution in [2.75, 3.05) is 0 Å². The second kappa shape index (κ2) is 10.1. The van der Waals surface area contributed by atoms with E-state index >= 15 is 0 Å². The lowest BCUT2D eigenvalue weighted by molar-refractivity contribution is 0.590. The van der Waals surface area contributed by atoms with Crippen molar-refractivity contribution < 1.29 is 4.42 Å². The highest BCUT2D eigenvalue weighted by Gasteiger charge is 2.23. The van der Waals surface area contributed by atoms with E-state index in [0.29, 0.717) is 0 Å². The topological polar surface area (TPSA) is 31.0 Å². The smallest absolute Gasteiger partial charge is 0.149 e. The van der Waals surface area contributed by atoms with E-state index in [4.69, 9.17) is 9.40 Å². The molecule has 2 heterocycles. The first-order chi connectivity index (χ1) is 21.5. The minimum atomic E-state index is 0.0143. The standard InChI is InChI=1S/C41H32N2O/c1-41(2,3)30-22-24-36(34(26-30)28-15-8-5-9-16-28)43-37-20-11-10-19-35(37)42-40(43)33-18-12-17-32-31-23-21-29(25-38(31)44-39(32)33)27-13-6-4-7-14-27/h4-26H,1-3H3. The van der Waals surface area contributed by atoms with Gasteiger partial charge in [-0.3, -0.25) is 4.57 Å². The fourth-order valence-electron chi connectivity index (χ4n) is 6.28. The highest BCUT2D eigenvalue weighted by molar-refractivity contribution is 6.10. The molecule has 0 atom stereocenters. The average molecular weight is 569 g/mol. The van der Waals surface area contributed by atoms with Gasteiger partial charge >= 0.3 is 0 Å². The molecule has 2 aromatic heterocycles. The Morgan fingerprint density at radius 1 is 0.568 bits per heavy atom. The molecule has 0 aliphatic carbocycles. The molecule has 6 aromatic carbocycles. The molecule has 0 amide bonds. The first-order valence-corrected chi connectivity index (χ1v) is 15.1. The van der Waals surface area contributed by atoms with Gasteiger partial charge in [0.15, 0.2) is 0 Å². The van der Waals surface area contributed by atoms with Crippen LogP contribution in [0.2, 0.25) is 0 Å². The SMILES string of the molecule is CC(C)(C)c1ccc(-n2c(-c3cccc4c3oc3cc(-c5ccccc5)ccc34)nc3ccccc32)c(-c2ccccc2)c1. The molecule has 0 aliphatic heterocycles. The highest BCUT2D eigenvalue weighted by Crippen LogP contribution is 2.41. The molecule has 0 radical (unpaired) electrons. The summed E-state index contributed by atoms with van der Waals surface area (Å²) in [5.41, 5.74) is 11.7. The van der Waals surface area contributed by atoms with Crippen molar-refractivity contribution in [1.82, 2.24) is 9.55 Å². The second-order valence-electron chi connectivity index (χ2n) is 12.5. The third-order valence-electron chi connectivity index (χ3n) is 8.60. The molecule has 0 fully saturated rings. The van der Waals surface area contributed by atoms with Crippen LogP contribution >= 0.6 is 0 Å². The van der Waals surface area contributed by atoms with E-state index < -0.39 is 0 Å². The Balaban J connectivity index is 1.40. The van der Waals surface area contributed by atoms with Crippen molar-refractivity contribution >= 4 is 33.0 Å². The number of rotatable bonds is 4. The summed E-state index contributed by atoms with van der Waals surface area (Å²) in [7, 11) is 0. The number of hydrogen-bond donors (Lipinski definition) is 0. The maximum absolute atomic E-state index is 6.71. The second-order valence-corrected chi connectivity index (χ2v) is 12.5. The molecule has 0 aliphatic rings. The normalized spacial score (nSPS) is 12.0. The van der Waals surface area contributed by atoms with Crippen LogP contribution in [0.4, 0.5) is 0 Å². The average Bonchev–Trinajstić information content (AvgIpc) is 3.63. The molecule has 44 heavy (non-hydrogen) atoms. The molecule has 8 aromatic rings. The van der Waals surface area contributed by atoms with Crippen molar-refractivity contribution in [1.29, 1.82) is 0 Å². The minimum absolute atomic E-state index is 0.0143. The van der Waals surface area contributed by atoms with Crippen molar-refractivity contribution in [2.45, 2.75) is 26.2 Å². The van der Waals surface area contributed by atoms with Crippen molar-refractivity contribution in [3.05, 3.63) is 145 Å². The zero-order valence-corrected chi connectivity index (χ0v) is 25.1. The van der Waals surface area contributed by atoms with Gasteiger partial charge in [-0.15, -0.1) is 0 Å². The molecule has 0 N–H and O–H groups in total. The molecule has 0 saturated heterocycles. The number of benzene rings is 6. The Morgan fingerprint density at radius 3 is 2.07 bits per heavy atom. The van der Waals surface area contributed by atoms with Gasteiger partial charge in [0.25, 0.3) is 0 Å². The lowest BCUT2D eigenvalue weighted by Gasteiger charge is -2.23. The fraction of sp³-hybridized carbons (Fsp3) is 0.0976. The van der Waals surface area contributed by atoms with Gasteiger partial charge in [0.2, 0.25) is 0 Å². The van der Waals surface area contributed by atoms with Crippen molar-refractivity contribution in [2.24, 2.45) is 0 Å². The van der Waals surface area contributed by atoms with Gasteiger partial charge in [-0.05, 0) is 70.1 Å².